The van der Waals surface area contributed by atoms with Gasteiger partial charge >= 0.3 is 0 Å². The van der Waals surface area contributed by atoms with Gasteiger partial charge in [0.15, 0.2) is 0 Å². The molecule has 0 saturated heterocycles. The van der Waals surface area contributed by atoms with Crippen molar-refractivity contribution >= 4 is 21.6 Å². The summed E-state index contributed by atoms with van der Waals surface area (Å²) in [6, 6.07) is 10.5. The number of carbonyl (C=O) groups is 1. The zero-order valence-electron chi connectivity index (χ0n) is 11.4. The number of halogens is 1. The van der Waals surface area contributed by atoms with Gasteiger partial charge in [0.05, 0.1) is 10.6 Å². The second-order valence-electron chi connectivity index (χ2n) is 5.01. The van der Waals surface area contributed by atoms with E-state index in [1.807, 2.05) is 0 Å². The van der Waals surface area contributed by atoms with Crippen LogP contribution in [0.2, 0.25) is 0 Å². The van der Waals surface area contributed by atoms with Crippen LogP contribution in [0, 0.1) is 5.82 Å². The van der Waals surface area contributed by atoms with Gasteiger partial charge in [0.2, 0.25) is 5.91 Å². The van der Waals surface area contributed by atoms with Crippen molar-refractivity contribution in [2.45, 2.75) is 17.4 Å². The number of sulfonamides is 1. The van der Waals surface area contributed by atoms with Gasteiger partial charge < -0.3 is 5.73 Å². The fourth-order valence-corrected chi connectivity index (χ4v) is 4.30. The van der Waals surface area contributed by atoms with Gasteiger partial charge in [-0.3, -0.25) is 9.10 Å². The predicted molar refractivity (Wildman–Crippen MR) is 79.2 cm³/mol. The van der Waals surface area contributed by atoms with Crippen LogP contribution in [0.4, 0.5) is 10.1 Å². The van der Waals surface area contributed by atoms with Crippen molar-refractivity contribution in [3.63, 3.8) is 0 Å². The zero-order valence-corrected chi connectivity index (χ0v) is 12.3. The minimum atomic E-state index is -4.08. The van der Waals surface area contributed by atoms with Crippen molar-refractivity contribution in [3.8, 4) is 0 Å². The van der Waals surface area contributed by atoms with E-state index in [1.54, 1.807) is 24.3 Å². The normalized spacial score (nSPS) is 17.3. The minimum absolute atomic E-state index is 0.208. The third-order valence-corrected chi connectivity index (χ3v) is 5.43. The lowest BCUT2D eigenvalue weighted by molar-refractivity contribution is -0.118. The summed E-state index contributed by atoms with van der Waals surface area (Å²) < 4.78 is 40.0. The van der Waals surface area contributed by atoms with E-state index in [4.69, 9.17) is 5.73 Å². The van der Waals surface area contributed by atoms with E-state index < -0.39 is 27.8 Å². The summed E-state index contributed by atoms with van der Waals surface area (Å²) in [5, 5.41) is 0. The molecule has 22 heavy (non-hydrogen) atoms. The number of nitrogens with zero attached hydrogens (tertiary/aromatic N) is 1. The lowest BCUT2D eigenvalue weighted by Crippen LogP contribution is -2.45. The highest BCUT2D eigenvalue weighted by Gasteiger charge is 2.41. The molecule has 2 N–H and O–H groups in total. The second kappa shape index (κ2) is 5.10. The summed E-state index contributed by atoms with van der Waals surface area (Å²) in [6.45, 7) is 0. The zero-order chi connectivity index (χ0) is 15.9. The Bertz CT molecular complexity index is 851. The Kier molecular flexibility index (Phi) is 3.37. The fraction of sp³-hybridized carbons (Fsp3) is 0.133. The van der Waals surface area contributed by atoms with Gasteiger partial charge in [-0.1, -0.05) is 24.3 Å². The van der Waals surface area contributed by atoms with Crippen LogP contribution >= 0.6 is 0 Å². The molecular formula is C15H13FN2O3S. The van der Waals surface area contributed by atoms with Gasteiger partial charge in [0.1, 0.15) is 11.9 Å². The maximum absolute atomic E-state index is 13.4. The maximum Gasteiger partial charge on any atom is 0.265 e. The van der Waals surface area contributed by atoms with Crippen LogP contribution in [0.15, 0.2) is 53.4 Å². The molecule has 0 aromatic heterocycles. The number of fused-ring (bicyclic) bond motifs is 1. The van der Waals surface area contributed by atoms with Gasteiger partial charge in [-0.2, -0.15) is 0 Å². The first-order valence-electron chi connectivity index (χ1n) is 6.58. The quantitative estimate of drug-likeness (QED) is 0.929. The van der Waals surface area contributed by atoms with Crippen molar-refractivity contribution in [2.75, 3.05) is 4.31 Å². The third kappa shape index (κ3) is 2.23. The fourth-order valence-electron chi connectivity index (χ4n) is 2.61. The lowest BCUT2D eigenvalue weighted by atomic mass is 10.1. The number of anilines is 1. The monoisotopic (exact) mass is 320 g/mol. The molecule has 3 rings (SSSR count). The van der Waals surface area contributed by atoms with Crippen LogP contribution in [-0.2, 0) is 21.2 Å². The van der Waals surface area contributed by atoms with Gasteiger partial charge in [-0.15, -0.1) is 0 Å². The third-order valence-electron chi connectivity index (χ3n) is 3.61. The van der Waals surface area contributed by atoms with Crippen LogP contribution in [0.5, 0.6) is 0 Å². The van der Waals surface area contributed by atoms with Crippen LogP contribution in [0.25, 0.3) is 0 Å². The lowest BCUT2D eigenvalue weighted by Gasteiger charge is -2.24. The molecule has 1 aliphatic heterocycles. The molecule has 0 radical (unpaired) electrons. The highest BCUT2D eigenvalue weighted by molar-refractivity contribution is 7.93. The van der Waals surface area contributed by atoms with Crippen LogP contribution in [0.3, 0.4) is 0 Å². The van der Waals surface area contributed by atoms with Crippen molar-refractivity contribution < 1.29 is 17.6 Å². The Morgan fingerprint density at radius 2 is 1.91 bits per heavy atom. The average Bonchev–Trinajstić information content (AvgIpc) is 2.87. The largest absolute Gasteiger partial charge is 0.368 e. The maximum atomic E-state index is 13.4. The molecule has 5 nitrogen and oxygen atoms in total. The molecule has 1 atom stereocenters. The van der Waals surface area contributed by atoms with Gasteiger partial charge in [-0.25, -0.2) is 12.8 Å². The van der Waals surface area contributed by atoms with E-state index in [1.165, 1.54) is 12.1 Å². The summed E-state index contributed by atoms with van der Waals surface area (Å²) in [6.07, 6.45) is 0.208. The molecule has 0 bridgehead atoms. The molecule has 2 aromatic carbocycles. The van der Waals surface area contributed by atoms with Gasteiger partial charge in [0.25, 0.3) is 10.0 Å². The number of hydrogen-bond donors (Lipinski definition) is 1. The number of rotatable bonds is 3. The summed E-state index contributed by atoms with van der Waals surface area (Å²) in [4.78, 5) is 11.5. The van der Waals surface area contributed by atoms with Gasteiger partial charge in [0, 0.05) is 6.42 Å². The van der Waals surface area contributed by atoms with Crippen molar-refractivity contribution in [1.82, 2.24) is 0 Å². The van der Waals surface area contributed by atoms with Gasteiger partial charge in [-0.05, 0) is 29.8 Å². The van der Waals surface area contributed by atoms with E-state index in [0.29, 0.717) is 11.3 Å². The Hall–Kier alpha value is -2.41. The smallest absolute Gasteiger partial charge is 0.265 e. The van der Waals surface area contributed by atoms with E-state index in [2.05, 4.69) is 0 Å². The van der Waals surface area contributed by atoms with E-state index >= 15 is 0 Å². The number of nitrogens with two attached hydrogens (primary N) is 1. The molecule has 1 aliphatic rings. The highest BCUT2D eigenvalue weighted by atomic mass is 32.2. The molecule has 0 fully saturated rings. The Labute approximate surface area is 127 Å². The Morgan fingerprint density at radius 3 is 2.59 bits per heavy atom. The molecule has 0 spiro atoms. The molecule has 0 aliphatic carbocycles. The number of amides is 1. The highest BCUT2D eigenvalue weighted by Crippen LogP contribution is 2.36. The Balaban J connectivity index is 2.17. The number of hydrogen-bond acceptors (Lipinski definition) is 3. The topological polar surface area (TPSA) is 80.5 Å². The Morgan fingerprint density at radius 1 is 1.18 bits per heavy atom. The summed E-state index contributed by atoms with van der Waals surface area (Å²) in [5.41, 5.74) is 6.47. The molecule has 1 amide bonds. The molecule has 2 aromatic rings. The standard InChI is InChI=1S/C15H13FN2O3S/c16-11-5-3-6-12(9-11)22(20,21)18-13-7-2-1-4-10(13)8-14(18)15(17)19/h1-7,9,14H,8H2,(H2,17,19). The second-order valence-corrected chi connectivity index (χ2v) is 6.82. The van der Waals surface area contributed by atoms with Crippen LogP contribution < -0.4 is 10.0 Å². The minimum Gasteiger partial charge on any atom is -0.368 e. The molecule has 1 heterocycles. The van der Waals surface area contributed by atoms with Crippen LogP contribution in [-0.4, -0.2) is 20.4 Å². The first-order chi connectivity index (χ1) is 10.4. The number of benzene rings is 2. The van der Waals surface area contributed by atoms with Crippen molar-refractivity contribution in [1.29, 1.82) is 0 Å². The van der Waals surface area contributed by atoms with E-state index in [0.717, 1.165) is 16.4 Å². The summed E-state index contributed by atoms with van der Waals surface area (Å²) in [5.74, 6) is -1.40. The molecule has 114 valence electrons. The summed E-state index contributed by atoms with van der Waals surface area (Å²) in [7, 11) is -4.08. The van der Waals surface area contributed by atoms with E-state index in [-0.39, 0.29) is 11.3 Å². The average molecular weight is 320 g/mol. The van der Waals surface area contributed by atoms with Crippen molar-refractivity contribution in [2.24, 2.45) is 5.73 Å². The van der Waals surface area contributed by atoms with Crippen LogP contribution in [0.1, 0.15) is 5.56 Å². The first kappa shape index (κ1) is 14.5. The molecular weight excluding hydrogens is 307 g/mol. The number of para-hydroxylation sites is 1. The molecule has 1 unspecified atom stereocenters. The number of carbonyl (C=O) groups excluding carboxylic acids is 1. The van der Waals surface area contributed by atoms with Crippen molar-refractivity contribution in [3.05, 3.63) is 59.9 Å². The molecule has 7 heteroatoms. The summed E-state index contributed by atoms with van der Waals surface area (Å²) >= 11 is 0. The first-order valence-corrected chi connectivity index (χ1v) is 8.02. The van der Waals surface area contributed by atoms with E-state index in [9.17, 15) is 17.6 Å². The SMILES string of the molecule is NC(=O)C1Cc2ccccc2N1S(=O)(=O)c1cccc(F)c1. The predicted octanol–water partition coefficient (Wildman–Crippen LogP) is 1.43. The molecule has 0 saturated carbocycles. The number of primary amides is 1.